The number of fused-ring (bicyclic) bond motifs is 4. The van der Waals surface area contributed by atoms with E-state index in [0.29, 0.717) is 26.2 Å². The molecule has 290 valence electrons. The van der Waals surface area contributed by atoms with Crippen molar-refractivity contribution in [3.05, 3.63) is 72.1 Å². The number of imidazole rings is 2. The van der Waals surface area contributed by atoms with E-state index in [1.54, 1.807) is 0 Å². The first-order chi connectivity index (χ1) is 26.9. The van der Waals surface area contributed by atoms with Crippen LogP contribution in [0.25, 0.3) is 33.6 Å². The lowest BCUT2D eigenvalue weighted by molar-refractivity contribution is -0.134. The van der Waals surface area contributed by atoms with Gasteiger partial charge < -0.3 is 44.4 Å². The lowest BCUT2D eigenvalue weighted by Gasteiger charge is -2.36. The standard InChI is InChI=1S/C41H51N9O5/c1-47-20-22-48(23-21-47)41(53)50-19-6-8-34(50)37-42-25-32(43-37)29-14-10-27(11-15-29)28-12-16-30(17-13-28)36-33-26-55-24-4-3-7-31(45-40(52)54-2)39(51)49-18-5-9-35(49)38(44-33)46-36/h10-17,25,31,34-35H,3-9,18-24,26H2,1-2H3,(H,42,43)(H,44,46)(H,45,52)/t31-,34-,35-/m0/s1. The molecule has 8 rings (SSSR count). The Labute approximate surface area is 321 Å². The summed E-state index contributed by atoms with van der Waals surface area (Å²) in [5.41, 5.74) is 6.81. The summed E-state index contributed by atoms with van der Waals surface area (Å²) in [7, 11) is 3.41. The number of aromatic nitrogens is 4. The van der Waals surface area contributed by atoms with Gasteiger partial charge in [-0.1, -0.05) is 48.5 Å². The van der Waals surface area contributed by atoms with Gasteiger partial charge in [0.25, 0.3) is 0 Å². The number of ether oxygens (including phenoxy) is 2. The SMILES string of the molecule is COC(=O)N[C@H]1CCCCOCc2[nH]c(nc2-c2ccc(-c3ccc(-c4cnc([C@@H]5CCCN5C(=O)N5CCN(C)CC5)[nH]4)cc3)cc2)[C@@H]2CCCN2C1=O. The third kappa shape index (κ3) is 7.83. The molecule has 2 aromatic carbocycles. The summed E-state index contributed by atoms with van der Waals surface area (Å²) in [5, 5.41) is 2.75. The molecule has 4 aliphatic rings. The zero-order valence-electron chi connectivity index (χ0n) is 31.8. The number of benzene rings is 2. The average molecular weight is 750 g/mol. The number of likely N-dealkylation sites (tertiary alicyclic amines) is 1. The van der Waals surface area contributed by atoms with Crippen LogP contribution < -0.4 is 5.32 Å². The first-order valence-electron chi connectivity index (χ1n) is 19.7. The second kappa shape index (κ2) is 16.3. The van der Waals surface area contributed by atoms with Crippen molar-refractivity contribution in [2.75, 3.05) is 60.0 Å². The van der Waals surface area contributed by atoms with E-state index in [1.807, 2.05) is 20.9 Å². The Bertz CT molecular complexity index is 1970. The van der Waals surface area contributed by atoms with Crippen molar-refractivity contribution >= 4 is 18.0 Å². The maximum absolute atomic E-state index is 13.7. The van der Waals surface area contributed by atoms with Crippen LogP contribution in [0.2, 0.25) is 0 Å². The molecule has 3 atom stereocenters. The van der Waals surface area contributed by atoms with E-state index in [4.69, 9.17) is 19.4 Å². The van der Waals surface area contributed by atoms with E-state index in [9.17, 15) is 14.4 Å². The van der Waals surface area contributed by atoms with Gasteiger partial charge in [-0.25, -0.2) is 19.6 Å². The number of urea groups is 1. The lowest BCUT2D eigenvalue weighted by Crippen LogP contribution is -2.51. The molecular formula is C41H51N9O5. The van der Waals surface area contributed by atoms with Crippen LogP contribution >= 0.6 is 0 Å². The van der Waals surface area contributed by atoms with Gasteiger partial charge in [0.05, 0.1) is 49.1 Å². The van der Waals surface area contributed by atoms with Crippen molar-refractivity contribution in [3.8, 4) is 33.6 Å². The molecule has 3 N–H and O–H groups in total. The zero-order chi connectivity index (χ0) is 37.9. The van der Waals surface area contributed by atoms with Crippen molar-refractivity contribution in [2.45, 2.75) is 69.7 Å². The number of alkyl carbamates (subject to hydrolysis) is 1. The quantitative estimate of drug-likeness (QED) is 0.234. The molecule has 4 aliphatic heterocycles. The highest BCUT2D eigenvalue weighted by atomic mass is 16.5. The van der Waals surface area contributed by atoms with Crippen LogP contribution in [0.15, 0.2) is 54.7 Å². The number of amides is 4. The fourth-order valence-corrected chi connectivity index (χ4v) is 8.41. The molecule has 3 fully saturated rings. The number of likely N-dealkylation sites (N-methyl/N-ethyl adjacent to an activating group) is 1. The predicted octanol–water partition coefficient (Wildman–Crippen LogP) is 5.73. The molecule has 4 amide bonds. The number of aromatic amines is 2. The number of nitrogens with zero attached hydrogens (tertiary/aromatic N) is 6. The van der Waals surface area contributed by atoms with Gasteiger partial charge in [-0.2, -0.15) is 0 Å². The number of hydrogen-bond donors (Lipinski definition) is 3. The van der Waals surface area contributed by atoms with Crippen LogP contribution in [0.1, 0.15) is 74.4 Å². The van der Waals surface area contributed by atoms with E-state index >= 15 is 0 Å². The molecule has 0 unspecified atom stereocenters. The van der Waals surface area contributed by atoms with Crippen molar-refractivity contribution < 1.29 is 23.9 Å². The van der Waals surface area contributed by atoms with E-state index in [0.717, 1.165) is 122 Å². The van der Waals surface area contributed by atoms with Gasteiger partial charge in [-0.05, 0) is 68.7 Å². The molecule has 0 aliphatic carbocycles. The minimum Gasteiger partial charge on any atom is -0.453 e. The van der Waals surface area contributed by atoms with E-state index in [1.165, 1.54) is 7.11 Å². The number of piperazine rings is 1. The molecule has 14 nitrogen and oxygen atoms in total. The number of nitrogens with one attached hydrogen (secondary N) is 3. The van der Waals surface area contributed by atoms with Gasteiger partial charge in [0.2, 0.25) is 5.91 Å². The first kappa shape index (κ1) is 36.8. The number of carbonyl (C=O) groups is 3. The summed E-state index contributed by atoms with van der Waals surface area (Å²) < 4.78 is 10.9. The smallest absolute Gasteiger partial charge is 0.407 e. The summed E-state index contributed by atoms with van der Waals surface area (Å²) in [6.07, 6.45) is 6.82. The molecule has 0 saturated carbocycles. The third-order valence-corrected chi connectivity index (χ3v) is 11.6. The zero-order valence-corrected chi connectivity index (χ0v) is 31.8. The van der Waals surface area contributed by atoms with Crippen LogP contribution in [0, 0.1) is 0 Å². The van der Waals surface area contributed by atoms with Crippen molar-refractivity contribution in [1.29, 1.82) is 0 Å². The molecule has 2 bridgehead atoms. The fourth-order valence-electron chi connectivity index (χ4n) is 8.41. The van der Waals surface area contributed by atoms with E-state index in [-0.39, 0.29) is 24.0 Å². The summed E-state index contributed by atoms with van der Waals surface area (Å²) >= 11 is 0. The summed E-state index contributed by atoms with van der Waals surface area (Å²) in [6.45, 7) is 5.62. The highest BCUT2D eigenvalue weighted by Crippen LogP contribution is 2.36. The van der Waals surface area contributed by atoms with Gasteiger partial charge >= 0.3 is 12.1 Å². The van der Waals surface area contributed by atoms with Gasteiger partial charge in [0, 0.05) is 51.4 Å². The highest BCUT2D eigenvalue weighted by Gasteiger charge is 2.38. The van der Waals surface area contributed by atoms with E-state index in [2.05, 4.69) is 75.8 Å². The number of H-pyrrole nitrogens is 2. The van der Waals surface area contributed by atoms with Gasteiger partial charge in [0.1, 0.15) is 17.7 Å². The molecule has 55 heavy (non-hydrogen) atoms. The Morgan fingerprint density at radius 3 is 2.24 bits per heavy atom. The van der Waals surface area contributed by atoms with E-state index < -0.39 is 12.1 Å². The Kier molecular flexibility index (Phi) is 10.9. The summed E-state index contributed by atoms with van der Waals surface area (Å²) in [6, 6.07) is 16.0. The van der Waals surface area contributed by atoms with Crippen LogP contribution in [0.5, 0.6) is 0 Å². The minimum absolute atomic E-state index is 0.0375. The summed E-state index contributed by atoms with van der Waals surface area (Å²) in [5.74, 6) is 1.47. The maximum atomic E-state index is 13.7. The third-order valence-electron chi connectivity index (χ3n) is 11.6. The summed E-state index contributed by atoms with van der Waals surface area (Å²) in [4.78, 5) is 64.2. The highest BCUT2D eigenvalue weighted by molar-refractivity contribution is 5.86. The van der Waals surface area contributed by atoms with Gasteiger partial charge in [-0.3, -0.25) is 4.79 Å². The molecule has 14 heteroatoms. The normalized spacial score (nSPS) is 22.5. The fraction of sp³-hybridized carbons (Fsp3) is 0.488. The number of rotatable bonds is 5. The molecule has 0 radical (unpaired) electrons. The molecule has 4 aromatic rings. The number of carbonyl (C=O) groups excluding carboxylic acids is 3. The Hall–Kier alpha value is -5.21. The van der Waals surface area contributed by atoms with Crippen molar-refractivity contribution in [3.63, 3.8) is 0 Å². The number of methoxy groups -OCH3 is 1. The van der Waals surface area contributed by atoms with Gasteiger partial charge in [0.15, 0.2) is 0 Å². The van der Waals surface area contributed by atoms with Crippen LogP contribution in [0.4, 0.5) is 9.59 Å². The molecule has 6 heterocycles. The molecule has 3 saturated heterocycles. The maximum Gasteiger partial charge on any atom is 0.407 e. The van der Waals surface area contributed by atoms with Crippen LogP contribution in [-0.2, 0) is 20.9 Å². The van der Waals surface area contributed by atoms with Crippen molar-refractivity contribution in [2.24, 2.45) is 0 Å². The monoisotopic (exact) mass is 749 g/mol. The Morgan fingerprint density at radius 1 is 0.800 bits per heavy atom. The Balaban J connectivity index is 0.964. The lowest BCUT2D eigenvalue weighted by atomic mass is 10.0. The van der Waals surface area contributed by atoms with Gasteiger partial charge in [-0.15, -0.1) is 0 Å². The second-order valence-corrected chi connectivity index (χ2v) is 15.1. The molecular weight excluding hydrogens is 699 g/mol. The minimum atomic E-state index is -0.659. The topological polar surface area (TPSA) is 152 Å². The average Bonchev–Trinajstić information content (AvgIpc) is 4.05. The Morgan fingerprint density at radius 2 is 1.49 bits per heavy atom. The predicted molar refractivity (Wildman–Crippen MR) is 207 cm³/mol. The van der Waals surface area contributed by atoms with Crippen LogP contribution in [0.3, 0.4) is 0 Å². The van der Waals surface area contributed by atoms with Crippen molar-refractivity contribution in [1.82, 2.24) is 44.9 Å². The number of hydrogen-bond acceptors (Lipinski definition) is 8. The second-order valence-electron chi connectivity index (χ2n) is 15.1. The van der Waals surface area contributed by atoms with Crippen LogP contribution in [-0.4, -0.2) is 124 Å². The first-order valence-corrected chi connectivity index (χ1v) is 19.7. The largest absolute Gasteiger partial charge is 0.453 e. The molecule has 0 spiro atoms. The molecule has 2 aromatic heterocycles.